The van der Waals surface area contributed by atoms with Gasteiger partial charge in [0.25, 0.3) is 5.91 Å². The Morgan fingerprint density at radius 3 is 2.68 bits per heavy atom. The fourth-order valence-electron chi connectivity index (χ4n) is 3.34. The molecule has 2 aromatic carbocycles. The fourth-order valence-corrected chi connectivity index (χ4v) is 3.84. The first-order valence-corrected chi connectivity index (χ1v) is 10.5. The van der Waals surface area contributed by atoms with Crippen LogP contribution < -0.4 is 10.1 Å². The van der Waals surface area contributed by atoms with E-state index in [4.69, 9.17) is 27.9 Å². The molecule has 0 bridgehead atoms. The molecule has 0 aromatic heterocycles. The van der Waals surface area contributed by atoms with Crippen molar-refractivity contribution >= 4 is 29.1 Å². The van der Waals surface area contributed by atoms with E-state index in [1.54, 1.807) is 18.2 Å². The lowest BCUT2D eigenvalue weighted by molar-refractivity contribution is 0.0951. The summed E-state index contributed by atoms with van der Waals surface area (Å²) in [6.07, 6.45) is 4.65. The molecule has 1 aliphatic heterocycles. The molecule has 0 atom stereocenters. The van der Waals surface area contributed by atoms with Crippen LogP contribution in [0.3, 0.4) is 0 Å². The maximum Gasteiger partial charge on any atom is 0.252 e. The molecule has 2 aromatic rings. The van der Waals surface area contributed by atoms with E-state index < -0.39 is 0 Å². The van der Waals surface area contributed by atoms with E-state index in [0.29, 0.717) is 35.2 Å². The van der Waals surface area contributed by atoms with E-state index in [2.05, 4.69) is 22.3 Å². The number of nitrogens with zero attached hydrogens (tertiary/aromatic N) is 1. The van der Waals surface area contributed by atoms with Crippen LogP contribution in [0.5, 0.6) is 5.75 Å². The van der Waals surface area contributed by atoms with Gasteiger partial charge in [-0.2, -0.15) is 0 Å². The summed E-state index contributed by atoms with van der Waals surface area (Å²) in [6, 6.07) is 13.1. The van der Waals surface area contributed by atoms with Crippen LogP contribution in [0.2, 0.25) is 10.0 Å². The largest absolute Gasteiger partial charge is 0.494 e. The zero-order valence-corrected chi connectivity index (χ0v) is 17.4. The minimum atomic E-state index is -0.204. The predicted molar refractivity (Wildman–Crippen MR) is 114 cm³/mol. The number of likely N-dealkylation sites (tertiary alicyclic amines) is 1. The third-order valence-electron chi connectivity index (χ3n) is 4.80. The lowest BCUT2D eigenvalue weighted by Gasteiger charge is -2.26. The summed E-state index contributed by atoms with van der Waals surface area (Å²) in [7, 11) is 0. The first-order chi connectivity index (χ1) is 13.6. The average Bonchev–Trinajstić information content (AvgIpc) is 2.68. The van der Waals surface area contributed by atoms with Crippen LogP contribution in [0.25, 0.3) is 0 Å². The number of benzene rings is 2. The predicted octanol–water partition coefficient (Wildman–Crippen LogP) is 5.18. The molecule has 0 radical (unpaired) electrons. The number of rotatable bonds is 8. The Kier molecular flexibility index (Phi) is 8.01. The van der Waals surface area contributed by atoms with Crippen LogP contribution in [0.15, 0.2) is 42.5 Å². The van der Waals surface area contributed by atoms with Crippen molar-refractivity contribution in [3.05, 3.63) is 63.6 Å². The number of halogens is 2. The van der Waals surface area contributed by atoms with Gasteiger partial charge in [0.15, 0.2) is 0 Å². The second-order valence-corrected chi connectivity index (χ2v) is 7.91. The summed E-state index contributed by atoms with van der Waals surface area (Å²) < 4.78 is 5.85. The highest BCUT2D eigenvalue weighted by Gasteiger charge is 2.11. The summed E-state index contributed by atoms with van der Waals surface area (Å²) in [5.41, 5.74) is 1.71. The van der Waals surface area contributed by atoms with Crippen LogP contribution in [0, 0.1) is 0 Å². The first kappa shape index (κ1) is 21.0. The molecular weight excluding hydrogens is 395 g/mol. The second-order valence-electron chi connectivity index (χ2n) is 7.07. The lowest BCUT2D eigenvalue weighted by atomic mass is 10.1. The van der Waals surface area contributed by atoms with Gasteiger partial charge in [-0.3, -0.25) is 9.69 Å². The molecule has 28 heavy (non-hydrogen) atoms. The first-order valence-electron chi connectivity index (χ1n) is 9.79. The number of carbonyl (C=O) groups is 1. The molecule has 0 saturated carbocycles. The van der Waals surface area contributed by atoms with Crippen molar-refractivity contribution in [2.24, 2.45) is 0 Å². The number of nitrogens with one attached hydrogen (secondary N) is 1. The summed E-state index contributed by atoms with van der Waals surface area (Å²) >= 11 is 11.9. The zero-order chi connectivity index (χ0) is 19.8. The van der Waals surface area contributed by atoms with E-state index >= 15 is 0 Å². The van der Waals surface area contributed by atoms with E-state index in [1.807, 2.05) is 12.1 Å². The van der Waals surface area contributed by atoms with E-state index in [-0.39, 0.29) is 5.91 Å². The van der Waals surface area contributed by atoms with Gasteiger partial charge in [-0.25, -0.2) is 0 Å². The molecule has 4 nitrogen and oxygen atoms in total. The topological polar surface area (TPSA) is 41.6 Å². The van der Waals surface area contributed by atoms with E-state index in [1.165, 1.54) is 37.9 Å². The normalized spacial score (nSPS) is 14.6. The van der Waals surface area contributed by atoms with Crippen molar-refractivity contribution in [3.8, 4) is 5.75 Å². The van der Waals surface area contributed by atoms with Crippen molar-refractivity contribution in [3.63, 3.8) is 0 Å². The molecule has 0 spiro atoms. The Balaban J connectivity index is 1.39. The quantitative estimate of drug-likeness (QED) is 0.598. The van der Waals surface area contributed by atoms with Gasteiger partial charge in [0.05, 0.1) is 17.2 Å². The second kappa shape index (κ2) is 10.7. The SMILES string of the molecule is O=C(NCCCOc1cccc(CN2CCCCC2)c1)c1ccc(Cl)cc1Cl. The third-order valence-corrected chi connectivity index (χ3v) is 5.35. The molecular formula is C22H26Cl2N2O2. The van der Waals surface area contributed by atoms with Gasteiger partial charge in [-0.15, -0.1) is 0 Å². The maximum atomic E-state index is 12.2. The van der Waals surface area contributed by atoms with Gasteiger partial charge >= 0.3 is 0 Å². The lowest BCUT2D eigenvalue weighted by Crippen LogP contribution is -2.29. The molecule has 1 amide bonds. The minimum absolute atomic E-state index is 0.204. The number of hydrogen-bond donors (Lipinski definition) is 1. The molecule has 1 aliphatic rings. The molecule has 0 unspecified atom stereocenters. The van der Waals surface area contributed by atoms with Crippen molar-refractivity contribution in [1.82, 2.24) is 10.2 Å². The highest BCUT2D eigenvalue weighted by Crippen LogP contribution is 2.21. The van der Waals surface area contributed by atoms with Crippen molar-refractivity contribution in [2.75, 3.05) is 26.2 Å². The van der Waals surface area contributed by atoms with Crippen LogP contribution in [-0.4, -0.2) is 37.0 Å². The Hall–Kier alpha value is -1.75. The van der Waals surface area contributed by atoms with Gasteiger partial charge in [-0.05, 0) is 68.2 Å². The molecule has 1 N–H and O–H groups in total. The standard InChI is InChI=1S/C22H26Cl2N2O2/c23-18-8-9-20(21(24)15-18)22(27)25-10-5-13-28-19-7-4-6-17(14-19)16-26-11-2-1-3-12-26/h4,6-9,14-15H,1-3,5,10-13,16H2,(H,25,27). The minimum Gasteiger partial charge on any atom is -0.494 e. The van der Waals surface area contributed by atoms with Gasteiger partial charge < -0.3 is 10.1 Å². The van der Waals surface area contributed by atoms with E-state index in [0.717, 1.165) is 12.3 Å². The number of carbonyl (C=O) groups excluding carboxylic acids is 1. The Bertz CT molecular complexity index is 792. The molecule has 150 valence electrons. The molecule has 1 fully saturated rings. The molecule has 0 aliphatic carbocycles. The van der Waals surface area contributed by atoms with Crippen LogP contribution >= 0.6 is 23.2 Å². The highest BCUT2D eigenvalue weighted by atomic mass is 35.5. The molecule has 1 heterocycles. The summed E-state index contributed by atoms with van der Waals surface area (Å²) in [4.78, 5) is 14.7. The Labute approximate surface area is 176 Å². The van der Waals surface area contributed by atoms with Crippen LogP contribution in [0.1, 0.15) is 41.6 Å². The highest BCUT2D eigenvalue weighted by molar-refractivity contribution is 6.36. The fraction of sp³-hybridized carbons (Fsp3) is 0.409. The van der Waals surface area contributed by atoms with Gasteiger partial charge in [0.2, 0.25) is 0 Å². The number of hydrogen-bond acceptors (Lipinski definition) is 3. The van der Waals surface area contributed by atoms with Crippen molar-refractivity contribution in [2.45, 2.75) is 32.2 Å². The smallest absolute Gasteiger partial charge is 0.252 e. The van der Waals surface area contributed by atoms with Crippen molar-refractivity contribution in [1.29, 1.82) is 0 Å². The molecule has 6 heteroatoms. The number of amides is 1. The van der Waals surface area contributed by atoms with Gasteiger partial charge in [-0.1, -0.05) is 41.8 Å². The van der Waals surface area contributed by atoms with Crippen LogP contribution in [0.4, 0.5) is 0 Å². The van der Waals surface area contributed by atoms with Crippen LogP contribution in [-0.2, 0) is 6.54 Å². The summed E-state index contributed by atoms with van der Waals surface area (Å²) in [5.74, 6) is 0.673. The monoisotopic (exact) mass is 420 g/mol. The summed E-state index contributed by atoms with van der Waals surface area (Å²) in [5, 5.41) is 3.72. The van der Waals surface area contributed by atoms with Gasteiger partial charge in [0.1, 0.15) is 5.75 Å². The van der Waals surface area contributed by atoms with E-state index in [9.17, 15) is 4.79 Å². The Morgan fingerprint density at radius 1 is 1.07 bits per heavy atom. The summed E-state index contributed by atoms with van der Waals surface area (Å²) in [6.45, 7) is 4.41. The maximum absolute atomic E-state index is 12.2. The molecule has 1 saturated heterocycles. The zero-order valence-electron chi connectivity index (χ0n) is 15.9. The Morgan fingerprint density at radius 2 is 1.89 bits per heavy atom. The average molecular weight is 421 g/mol. The molecule has 3 rings (SSSR count). The van der Waals surface area contributed by atoms with Gasteiger partial charge in [0, 0.05) is 18.1 Å². The third kappa shape index (κ3) is 6.40. The number of ether oxygens (including phenoxy) is 1. The van der Waals surface area contributed by atoms with Crippen molar-refractivity contribution < 1.29 is 9.53 Å². The number of piperidine rings is 1.